The van der Waals surface area contributed by atoms with Crippen LogP contribution in [-0.4, -0.2) is 86.8 Å². The number of likely N-dealkylation sites (N-methyl/N-ethyl adjacent to an activating group) is 1. The van der Waals surface area contributed by atoms with Crippen LogP contribution in [0, 0.1) is 5.92 Å². The number of hydrogen-bond donors (Lipinski definition) is 2. The van der Waals surface area contributed by atoms with Gasteiger partial charge in [-0.1, -0.05) is 24.3 Å². The van der Waals surface area contributed by atoms with E-state index in [1.807, 2.05) is 42.5 Å². The number of fused-ring (bicyclic) bond motifs is 1. The molecule has 3 aliphatic rings. The lowest BCUT2D eigenvalue weighted by atomic mass is 10.1. The molecule has 1 saturated heterocycles. The maximum atomic E-state index is 14.8. The van der Waals surface area contributed by atoms with E-state index in [-0.39, 0.29) is 17.3 Å². The number of halogens is 2. The molecule has 2 N–H and O–H groups in total. The molecule has 242 valence electrons. The number of benzene rings is 2. The molecule has 0 bridgehead atoms. The number of rotatable bonds is 11. The minimum absolute atomic E-state index is 0.0654. The van der Waals surface area contributed by atoms with Gasteiger partial charge in [0.25, 0.3) is 5.92 Å². The summed E-state index contributed by atoms with van der Waals surface area (Å²) in [4.78, 5) is 13.6. The van der Waals surface area contributed by atoms with Crippen molar-refractivity contribution < 1.29 is 21.9 Å². The molecular weight excluding hydrogens is 600 g/mol. The highest BCUT2D eigenvalue weighted by molar-refractivity contribution is 7.88. The molecular formula is C32H41F2N7O3S. The molecule has 2 aromatic carbocycles. The normalized spacial score (nSPS) is 20.7. The number of alkyl halides is 2. The van der Waals surface area contributed by atoms with Crippen molar-refractivity contribution in [1.29, 1.82) is 0 Å². The molecule has 2 aliphatic carbocycles. The molecule has 2 fully saturated rings. The minimum atomic E-state index is -3.59. The molecule has 0 spiro atoms. The smallest absolute Gasteiger partial charge is 0.275 e. The number of nitrogens with one attached hydrogen (secondary N) is 2. The van der Waals surface area contributed by atoms with Crippen LogP contribution in [-0.2, 0) is 22.4 Å². The van der Waals surface area contributed by atoms with Crippen molar-refractivity contribution in [1.82, 2.24) is 19.2 Å². The molecule has 0 amide bonds. The van der Waals surface area contributed by atoms with E-state index in [0.29, 0.717) is 17.9 Å². The molecule has 2 atom stereocenters. The van der Waals surface area contributed by atoms with Gasteiger partial charge in [-0.3, -0.25) is 4.90 Å². The van der Waals surface area contributed by atoms with Crippen molar-refractivity contribution in [3.8, 4) is 5.75 Å². The molecule has 2 unspecified atom stereocenters. The van der Waals surface area contributed by atoms with E-state index >= 15 is 0 Å². The van der Waals surface area contributed by atoms with E-state index in [4.69, 9.17) is 4.74 Å². The summed E-state index contributed by atoms with van der Waals surface area (Å²) in [6, 6.07) is 12.2. The van der Waals surface area contributed by atoms with Gasteiger partial charge in [0.1, 0.15) is 11.6 Å². The summed E-state index contributed by atoms with van der Waals surface area (Å²) < 4.78 is 61.8. The highest BCUT2D eigenvalue weighted by atomic mass is 32.2. The number of nitrogens with zero attached hydrogens (tertiary/aromatic N) is 5. The second kappa shape index (κ2) is 12.3. The Morgan fingerprint density at radius 2 is 1.84 bits per heavy atom. The summed E-state index contributed by atoms with van der Waals surface area (Å²) in [6.07, 6.45) is 5.39. The Labute approximate surface area is 263 Å². The van der Waals surface area contributed by atoms with Gasteiger partial charge in [-0.15, -0.1) is 0 Å². The van der Waals surface area contributed by atoms with Gasteiger partial charge in [0, 0.05) is 64.6 Å². The Hall–Kier alpha value is -3.55. The van der Waals surface area contributed by atoms with E-state index < -0.39 is 28.0 Å². The Kier molecular flexibility index (Phi) is 8.61. The first-order valence-corrected chi connectivity index (χ1v) is 17.2. The van der Waals surface area contributed by atoms with Crippen LogP contribution in [0.2, 0.25) is 0 Å². The lowest BCUT2D eigenvalue weighted by Gasteiger charge is -2.36. The largest absolute Gasteiger partial charge is 0.494 e. The molecule has 1 saturated carbocycles. The number of methoxy groups -OCH3 is 1. The first kappa shape index (κ1) is 31.4. The van der Waals surface area contributed by atoms with E-state index in [1.54, 1.807) is 7.11 Å². The van der Waals surface area contributed by atoms with Crippen molar-refractivity contribution in [2.75, 3.05) is 68.7 Å². The first-order chi connectivity index (χ1) is 21.4. The zero-order chi connectivity index (χ0) is 31.9. The number of anilines is 4. The Morgan fingerprint density at radius 1 is 1.11 bits per heavy atom. The third-order valence-corrected chi connectivity index (χ3v) is 10.3. The van der Waals surface area contributed by atoms with Crippen LogP contribution < -0.4 is 20.3 Å². The maximum Gasteiger partial charge on any atom is 0.275 e. The van der Waals surface area contributed by atoms with E-state index in [9.17, 15) is 17.2 Å². The van der Waals surface area contributed by atoms with E-state index in [0.717, 1.165) is 68.3 Å². The van der Waals surface area contributed by atoms with Gasteiger partial charge in [0.15, 0.2) is 0 Å². The van der Waals surface area contributed by atoms with Gasteiger partial charge in [-0.2, -0.15) is 9.29 Å². The molecule has 1 aliphatic heterocycles. The third-order valence-electron chi connectivity index (χ3n) is 9.08. The molecule has 1 aromatic heterocycles. The SMILES string of the molecule is COc1cc(N2CCN(CC3CC3)CC2)ccc1Nc1ncc(C(C)(F)F)c(NC2Cc3ccccc3C2N(C)S(C)(=O)=O)n1. The lowest BCUT2D eigenvalue weighted by molar-refractivity contribution is 0.0175. The maximum absolute atomic E-state index is 14.8. The van der Waals surface area contributed by atoms with E-state index in [2.05, 4.69) is 30.4 Å². The monoisotopic (exact) mass is 641 g/mol. The third kappa shape index (κ3) is 7.00. The summed E-state index contributed by atoms with van der Waals surface area (Å²) in [5, 5.41) is 6.32. The van der Waals surface area contributed by atoms with Gasteiger partial charge >= 0.3 is 0 Å². The molecule has 13 heteroatoms. The van der Waals surface area contributed by atoms with Crippen LogP contribution in [0.15, 0.2) is 48.7 Å². The molecule has 0 radical (unpaired) electrons. The van der Waals surface area contributed by atoms with Crippen molar-refractivity contribution in [3.63, 3.8) is 0 Å². The van der Waals surface area contributed by atoms with Gasteiger partial charge in [-0.25, -0.2) is 22.2 Å². The molecule has 6 rings (SSSR count). The van der Waals surface area contributed by atoms with Crippen LogP contribution in [0.5, 0.6) is 5.75 Å². The highest BCUT2D eigenvalue weighted by Crippen LogP contribution is 2.40. The van der Waals surface area contributed by atoms with Crippen molar-refractivity contribution in [2.45, 2.75) is 44.2 Å². The van der Waals surface area contributed by atoms with Crippen LogP contribution >= 0.6 is 0 Å². The lowest BCUT2D eigenvalue weighted by Crippen LogP contribution is -2.47. The van der Waals surface area contributed by atoms with Crippen LogP contribution in [0.1, 0.15) is 42.5 Å². The number of sulfonamides is 1. The fourth-order valence-electron chi connectivity index (χ4n) is 6.36. The summed E-state index contributed by atoms with van der Waals surface area (Å²) in [5.41, 5.74) is 3.04. The number of ether oxygens (including phenoxy) is 1. The summed E-state index contributed by atoms with van der Waals surface area (Å²) in [5.74, 6) is -1.75. The summed E-state index contributed by atoms with van der Waals surface area (Å²) >= 11 is 0. The van der Waals surface area contributed by atoms with Crippen molar-refractivity contribution >= 4 is 33.2 Å². The fraction of sp³-hybridized carbons (Fsp3) is 0.500. The standard InChI is InChI=1S/C32H41F2N7O3S/c1-32(33,34)25-19-35-31(38-30(25)36-27-17-22-7-5-6-8-24(22)29(27)39(2)45(4,42)43)37-26-12-11-23(18-28(26)44-3)41-15-13-40(14-16-41)20-21-9-10-21/h5-8,11-12,18-19,21,27,29H,9-10,13-17,20H2,1-4H3,(H2,35,36,37,38). The molecule has 10 nitrogen and oxygen atoms in total. The van der Waals surface area contributed by atoms with E-state index in [1.165, 1.54) is 30.7 Å². The van der Waals surface area contributed by atoms with Gasteiger partial charge in [0.2, 0.25) is 16.0 Å². The van der Waals surface area contributed by atoms with Crippen LogP contribution in [0.3, 0.4) is 0 Å². The van der Waals surface area contributed by atoms with Crippen LogP contribution in [0.4, 0.5) is 31.9 Å². The minimum Gasteiger partial charge on any atom is -0.494 e. The Bertz CT molecular complexity index is 1640. The zero-order valence-corrected chi connectivity index (χ0v) is 26.9. The predicted molar refractivity (Wildman–Crippen MR) is 172 cm³/mol. The first-order valence-electron chi connectivity index (χ1n) is 15.4. The Morgan fingerprint density at radius 3 is 2.51 bits per heavy atom. The molecule has 45 heavy (non-hydrogen) atoms. The average Bonchev–Trinajstić information content (AvgIpc) is 3.74. The zero-order valence-electron chi connectivity index (χ0n) is 26.1. The van der Waals surface area contributed by atoms with Crippen molar-refractivity contribution in [2.24, 2.45) is 5.92 Å². The fourth-order valence-corrected chi connectivity index (χ4v) is 7.04. The number of aromatic nitrogens is 2. The number of piperazine rings is 1. The topological polar surface area (TPSA) is 103 Å². The van der Waals surface area contributed by atoms with Crippen LogP contribution in [0.25, 0.3) is 0 Å². The summed E-state index contributed by atoms with van der Waals surface area (Å²) in [7, 11) is -0.497. The molecule has 2 heterocycles. The van der Waals surface area contributed by atoms with Gasteiger partial charge in [0.05, 0.1) is 36.7 Å². The second-order valence-corrected chi connectivity index (χ2v) is 14.5. The quantitative estimate of drug-likeness (QED) is 0.305. The number of hydrogen-bond acceptors (Lipinski definition) is 9. The Balaban J connectivity index is 1.24. The summed E-state index contributed by atoms with van der Waals surface area (Å²) in [6.45, 7) is 5.93. The highest BCUT2D eigenvalue weighted by Gasteiger charge is 2.40. The second-order valence-electron chi connectivity index (χ2n) is 12.5. The molecule has 3 aromatic rings. The van der Waals surface area contributed by atoms with Gasteiger partial charge < -0.3 is 20.3 Å². The van der Waals surface area contributed by atoms with Crippen molar-refractivity contribution in [3.05, 3.63) is 65.4 Å². The predicted octanol–water partition coefficient (Wildman–Crippen LogP) is 4.84. The average molecular weight is 642 g/mol. The van der Waals surface area contributed by atoms with Gasteiger partial charge in [-0.05, 0) is 48.4 Å².